The molecule has 3 atom stereocenters. The van der Waals surface area contributed by atoms with Crippen molar-refractivity contribution < 1.29 is 4.74 Å². The van der Waals surface area contributed by atoms with E-state index in [4.69, 9.17) is 10.6 Å². The van der Waals surface area contributed by atoms with E-state index >= 15 is 0 Å². The normalized spacial score (nSPS) is 25.9. The second-order valence-corrected chi connectivity index (χ2v) is 6.09. The van der Waals surface area contributed by atoms with E-state index in [2.05, 4.69) is 23.8 Å². The number of hydrogen-bond acceptors (Lipinski definition) is 4. The second kappa shape index (κ2) is 6.55. The zero-order chi connectivity index (χ0) is 13.0. The topological polar surface area (TPSA) is 47.3 Å². The van der Waals surface area contributed by atoms with Gasteiger partial charge in [0.25, 0.3) is 0 Å². The average Bonchev–Trinajstić information content (AvgIpc) is 2.89. The maximum absolute atomic E-state index is 5.82. The molecular formula is C14H24N2OS. The summed E-state index contributed by atoms with van der Waals surface area (Å²) in [6.07, 6.45) is 6.60. The first-order valence-electron chi connectivity index (χ1n) is 6.88. The molecule has 0 amide bonds. The molecule has 3 N–H and O–H groups in total. The van der Waals surface area contributed by atoms with Crippen molar-refractivity contribution in [3.63, 3.8) is 0 Å². The highest BCUT2D eigenvalue weighted by Crippen LogP contribution is 2.42. The zero-order valence-corrected chi connectivity index (χ0v) is 12.1. The summed E-state index contributed by atoms with van der Waals surface area (Å²) in [6.45, 7) is 2.30. The van der Waals surface area contributed by atoms with Crippen molar-refractivity contribution in [2.75, 3.05) is 7.11 Å². The van der Waals surface area contributed by atoms with Gasteiger partial charge in [0.2, 0.25) is 0 Å². The van der Waals surface area contributed by atoms with Gasteiger partial charge in [0.15, 0.2) is 0 Å². The lowest BCUT2D eigenvalue weighted by Gasteiger charge is -2.36. The molecule has 4 heteroatoms. The van der Waals surface area contributed by atoms with E-state index in [1.807, 2.05) is 0 Å². The van der Waals surface area contributed by atoms with Crippen LogP contribution in [0.4, 0.5) is 0 Å². The van der Waals surface area contributed by atoms with Crippen LogP contribution in [-0.4, -0.2) is 7.11 Å². The molecule has 1 fully saturated rings. The highest BCUT2D eigenvalue weighted by Gasteiger charge is 2.32. The van der Waals surface area contributed by atoms with E-state index in [-0.39, 0.29) is 6.04 Å². The number of thiophene rings is 1. The Kier molecular flexibility index (Phi) is 5.03. The Labute approximate surface area is 114 Å². The van der Waals surface area contributed by atoms with Crippen LogP contribution >= 0.6 is 11.3 Å². The number of rotatable bonds is 5. The molecule has 1 saturated carbocycles. The van der Waals surface area contributed by atoms with Crippen LogP contribution in [0, 0.1) is 11.8 Å². The third-order valence-corrected chi connectivity index (χ3v) is 5.23. The van der Waals surface area contributed by atoms with E-state index in [0.29, 0.717) is 5.92 Å². The first-order chi connectivity index (χ1) is 8.80. The Morgan fingerprint density at radius 1 is 1.50 bits per heavy atom. The van der Waals surface area contributed by atoms with E-state index < -0.39 is 0 Å². The van der Waals surface area contributed by atoms with Crippen LogP contribution in [-0.2, 0) is 0 Å². The first kappa shape index (κ1) is 13.8. The number of ether oxygens (including phenoxy) is 1. The van der Waals surface area contributed by atoms with Crippen molar-refractivity contribution in [3.8, 4) is 5.75 Å². The fraction of sp³-hybridized carbons (Fsp3) is 0.714. The molecule has 1 heterocycles. The van der Waals surface area contributed by atoms with Crippen molar-refractivity contribution >= 4 is 11.3 Å². The van der Waals surface area contributed by atoms with Gasteiger partial charge in [0, 0.05) is 10.3 Å². The van der Waals surface area contributed by atoms with Gasteiger partial charge < -0.3 is 4.74 Å². The number of hydrogen-bond donors (Lipinski definition) is 2. The zero-order valence-electron chi connectivity index (χ0n) is 11.3. The van der Waals surface area contributed by atoms with Crippen LogP contribution in [0.5, 0.6) is 5.75 Å². The summed E-state index contributed by atoms with van der Waals surface area (Å²) in [7, 11) is 1.71. The molecule has 3 unspecified atom stereocenters. The Bertz CT molecular complexity index is 366. The highest BCUT2D eigenvalue weighted by molar-refractivity contribution is 7.10. The molecule has 0 saturated heterocycles. The van der Waals surface area contributed by atoms with Crippen molar-refractivity contribution in [1.82, 2.24) is 5.43 Å². The van der Waals surface area contributed by atoms with E-state index in [1.54, 1.807) is 18.4 Å². The maximum atomic E-state index is 5.82. The summed E-state index contributed by atoms with van der Waals surface area (Å²) in [6, 6.07) is 2.40. The van der Waals surface area contributed by atoms with Gasteiger partial charge in [-0.15, -0.1) is 11.3 Å². The average molecular weight is 268 g/mol. The number of methoxy groups -OCH3 is 1. The summed E-state index contributed by atoms with van der Waals surface area (Å²) in [5, 5.41) is 2.06. The third-order valence-electron chi connectivity index (χ3n) is 4.24. The van der Waals surface area contributed by atoms with Gasteiger partial charge in [-0.05, 0) is 24.3 Å². The van der Waals surface area contributed by atoms with E-state index in [1.165, 1.54) is 37.0 Å². The largest absolute Gasteiger partial charge is 0.496 e. The van der Waals surface area contributed by atoms with E-state index in [9.17, 15) is 0 Å². The lowest BCUT2D eigenvalue weighted by molar-refractivity contribution is 0.177. The summed E-state index contributed by atoms with van der Waals surface area (Å²) in [4.78, 5) is 1.31. The van der Waals surface area contributed by atoms with Crippen LogP contribution in [0.15, 0.2) is 11.4 Å². The molecule has 0 spiro atoms. The van der Waals surface area contributed by atoms with Gasteiger partial charge in [-0.25, -0.2) is 0 Å². The fourth-order valence-electron chi connectivity index (χ4n) is 3.20. The SMILES string of the molecule is CCC1CCCCC1C(NN)c1cc(OC)cs1. The Balaban J connectivity index is 2.15. The quantitative estimate of drug-likeness (QED) is 0.635. The van der Waals surface area contributed by atoms with Crippen LogP contribution in [0.25, 0.3) is 0 Å². The molecule has 3 nitrogen and oxygen atoms in total. The van der Waals surface area contributed by atoms with E-state index in [0.717, 1.165) is 11.7 Å². The smallest absolute Gasteiger partial charge is 0.129 e. The molecule has 1 aromatic rings. The fourth-order valence-corrected chi connectivity index (χ4v) is 4.19. The minimum Gasteiger partial charge on any atom is -0.496 e. The minimum atomic E-state index is 0.282. The predicted octanol–water partition coefficient (Wildman–Crippen LogP) is 3.48. The Morgan fingerprint density at radius 2 is 2.28 bits per heavy atom. The Morgan fingerprint density at radius 3 is 2.89 bits per heavy atom. The molecule has 1 aliphatic carbocycles. The lowest BCUT2D eigenvalue weighted by atomic mass is 9.74. The standard InChI is InChI=1S/C14H24N2OS/c1-3-10-6-4-5-7-12(10)14(16-15)13-8-11(17-2)9-18-13/h8-10,12,14,16H,3-7,15H2,1-2H3. The van der Waals surface area contributed by atoms with Gasteiger partial charge in [-0.3, -0.25) is 11.3 Å². The molecule has 0 aromatic carbocycles. The summed E-state index contributed by atoms with van der Waals surface area (Å²) >= 11 is 1.75. The van der Waals surface area contributed by atoms with Gasteiger partial charge >= 0.3 is 0 Å². The summed E-state index contributed by atoms with van der Waals surface area (Å²) < 4.78 is 5.27. The van der Waals surface area contributed by atoms with Gasteiger partial charge in [-0.1, -0.05) is 32.6 Å². The van der Waals surface area contributed by atoms with Crippen LogP contribution in [0.3, 0.4) is 0 Å². The van der Waals surface area contributed by atoms with Gasteiger partial charge in [0.05, 0.1) is 13.2 Å². The number of nitrogens with two attached hydrogens (primary N) is 1. The predicted molar refractivity (Wildman–Crippen MR) is 76.7 cm³/mol. The van der Waals surface area contributed by atoms with Crippen LogP contribution < -0.4 is 16.0 Å². The summed E-state index contributed by atoms with van der Waals surface area (Å²) in [5.41, 5.74) is 3.04. The second-order valence-electron chi connectivity index (χ2n) is 5.15. The highest BCUT2D eigenvalue weighted by atomic mass is 32.1. The molecule has 0 bridgehead atoms. The first-order valence-corrected chi connectivity index (χ1v) is 7.76. The molecule has 1 aromatic heterocycles. The molecule has 102 valence electrons. The van der Waals surface area contributed by atoms with Crippen molar-refractivity contribution in [1.29, 1.82) is 0 Å². The van der Waals surface area contributed by atoms with Crippen LogP contribution in [0.2, 0.25) is 0 Å². The number of nitrogens with one attached hydrogen (secondary N) is 1. The monoisotopic (exact) mass is 268 g/mol. The maximum Gasteiger partial charge on any atom is 0.129 e. The van der Waals surface area contributed by atoms with Crippen molar-refractivity contribution in [2.24, 2.45) is 17.7 Å². The third kappa shape index (κ3) is 2.87. The molecule has 1 aliphatic rings. The molecule has 18 heavy (non-hydrogen) atoms. The number of hydrazine groups is 1. The molecule has 2 rings (SSSR count). The molecule has 0 aliphatic heterocycles. The van der Waals surface area contributed by atoms with Crippen molar-refractivity contribution in [3.05, 3.63) is 16.3 Å². The molecular weight excluding hydrogens is 244 g/mol. The van der Waals surface area contributed by atoms with Crippen LogP contribution in [0.1, 0.15) is 49.9 Å². The molecule has 0 radical (unpaired) electrons. The van der Waals surface area contributed by atoms with Gasteiger partial charge in [-0.2, -0.15) is 0 Å². The van der Waals surface area contributed by atoms with Crippen molar-refractivity contribution in [2.45, 2.75) is 45.1 Å². The lowest BCUT2D eigenvalue weighted by Crippen LogP contribution is -2.37. The minimum absolute atomic E-state index is 0.282. The van der Waals surface area contributed by atoms with Gasteiger partial charge in [0.1, 0.15) is 5.75 Å². The Hall–Kier alpha value is -0.580. The summed E-state index contributed by atoms with van der Waals surface area (Å²) in [5.74, 6) is 8.23.